The molecule has 3 aliphatic rings. The molecule has 2 fully saturated rings. The molecule has 218 valence electrons. The van der Waals surface area contributed by atoms with Gasteiger partial charge in [-0.3, -0.25) is 14.6 Å². The van der Waals surface area contributed by atoms with Crippen LogP contribution in [0, 0.1) is 18.3 Å². The molecule has 3 aromatic carbocycles. The lowest BCUT2D eigenvalue weighted by molar-refractivity contribution is 0.0135. The Morgan fingerprint density at radius 1 is 1.00 bits per heavy atom. The molecule has 3 aliphatic heterocycles. The molecule has 0 aromatic heterocycles. The van der Waals surface area contributed by atoms with E-state index in [1.165, 1.54) is 11.1 Å². The first kappa shape index (κ1) is 28.3. The summed E-state index contributed by atoms with van der Waals surface area (Å²) in [5, 5.41) is 9.63. The molecule has 7 nitrogen and oxygen atoms in total. The highest BCUT2D eigenvalue weighted by Crippen LogP contribution is 2.36. The number of fused-ring (bicyclic) bond motifs is 1. The van der Waals surface area contributed by atoms with Crippen LogP contribution in [-0.2, 0) is 6.42 Å². The van der Waals surface area contributed by atoms with Crippen molar-refractivity contribution in [1.29, 1.82) is 5.26 Å². The van der Waals surface area contributed by atoms with Gasteiger partial charge in [0.1, 0.15) is 0 Å². The Morgan fingerprint density at radius 3 is 2.40 bits per heavy atom. The van der Waals surface area contributed by atoms with Gasteiger partial charge in [0.05, 0.1) is 11.6 Å². The quantitative estimate of drug-likeness (QED) is 0.391. The maximum absolute atomic E-state index is 13.1. The number of carbonyl (C=O) groups is 1. The number of rotatable bonds is 6. The molecule has 0 aliphatic carbocycles. The number of hydrogen-bond acceptors (Lipinski definition) is 6. The molecule has 1 amide bonds. The summed E-state index contributed by atoms with van der Waals surface area (Å²) in [6, 6.07) is 24.1. The minimum absolute atomic E-state index is 0.172. The molecule has 6 rings (SSSR count). The Bertz CT molecular complexity index is 1470. The third-order valence-corrected chi connectivity index (χ3v) is 9.43. The smallest absolute Gasteiger partial charge is 0.254 e. The molecule has 42 heavy (non-hydrogen) atoms. The number of nitrogens with zero attached hydrogens (tertiary/aromatic N) is 4. The van der Waals surface area contributed by atoms with Crippen LogP contribution in [-0.4, -0.2) is 72.2 Å². The number of ether oxygens (including phenoxy) is 2. The highest BCUT2D eigenvalue weighted by molar-refractivity contribution is 5.95. The molecule has 0 saturated carbocycles. The third kappa shape index (κ3) is 5.74. The van der Waals surface area contributed by atoms with Gasteiger partial charge in [0.2, 0.25) is 6.79 Å². The minimum Gasteiger partial charge on any atom is -0.454 e. The lowest BCUT2D eigenvalue weighted by atomic mass is 9.96. The van der Waals surface area contributed by atoms with Crippen LogP contribution in [0.1, 0.15) is 70.9 Å². The van der Waals surface area contributed by atoms with Gasteiger partial charge in [-0.2, -0.15) is 5.26 Å². The molecule has 3 heterocycles. The van der Waals surface area contributed by atoms with Crippen molar-refractivity contribution in [1.82, 2.24) is 14.7 Å². The number of carbonyl (C=O) groups excluding carboxylic acids is 1. The lowest BCUT2D eigenvalue weighted by Crippen LogP contribution is -2.57. The van der Waals surface area contributed by atoms with E-state index in [9.17, 15) is 10.1 Å². The van der Waals surface area contributed by atoms with Gasteiger partial charge < -0.3 is 14.4 Å². The Kier molecular flexibility index (Phi) is 8.19. The first-order chi connectivity index (χ1) is 20.4. The zero-order valence-electron chi connectivity index (χ0n) is 24.9. The predicted octanol–water partition coefficient (Wildman–Crippen LogP) is 5.56. The van der Waals surface area contributed by atoms with Crippen LogP contribution in [0.15, 0.2) is 60.7 Å². The van der Waals surface area contributed by atoms with E-state index in [0.717, 1.165) is 62.3 Å². The second-order valence-corrected chi connectivity index (χ2v) is 12.0. The number of aryl methyl sites for hydroxylation is 1. The van der Waals surface area contributed by atoms with Gasteiger partial charge in [-0.1, -0.05) is 42.5 Å². The molecule has 3 aromatic rings. The van der Waals surface area contributed by atoms with Crippen molar-refractivity contribution >= 4 is 5.91 Å². The molecule has 0 unspecified atom stereocenters. The second-order valence-electron chi connectivity index (χ2n) is 12.0. The van der Waals surface area contributed by atoms with Gasteiger partial charge in [-0.15, -0.1) is 0 Å². The summed E-state index contributed by atoms with van der Waals surface area (Å²) in [4.78, 5) is 20.4. The monoisotopic (exact) mass is 564 g/mol. The number of hydrogen-bond donors (Lipinski definition) is 0. The SMILES string of the molecule is Cc1ccccc1C(=O)N1CCC(N2CCN([C@@H](C)c3ccc(Cc4cc5c(cc4C#N)OCO5)cc3)[C@H](C)C2)CC1. The van der Waals surface area contributed by atoms with E-state index in [-0.39, 0.29) is 12.7 Å². The number of amides is 1. The molecular weight excluding hydrogens is 524 g/mol. The van der Waals surface area contributed by atoms with Gasteiger partial charge in [-0.05, 0) is 74.4 Å². The Balaban J connectivity index is 1.02. The maximum Gasteiger partial charge on any atom is 0.254 e. The van der Waals surface area contributed by atoms with Crippen LogP contribution >= 0.6 is 0 Å². The van der Waals surface area contributed by atoms with Crippen LogP contribution in [0.5, 0.6) is 11.5 Å². The summed E-state index contributed by atoms with van der Waals surface area (Å²) in [6.45, 7) is 11.7. The van der Waals surface area contributed by atoms with E-state index >= 15 is 0 Å². The van der Waals surface area contributed by atoms with Gasteiger partial charge in [0.25, 0.3) is 5.91 Å². The van der Waals surface area contributed by atoms with Crippen molar-refractivity contribution in [2.75, 3.05) is 39.5 Å². The number of nitriles is 1. The molecule has 0 N–H and O–H groups in total. The highest BCUT2D eigenvalue weighted by atomic mass is 16.7. The van der Waals surface area contributed by atoms with E-state index < -0.39 is 0 Å². The Hall–Kier alpha value is -3.86. The van der Waals surface area contributed by atoms with Crippen molar-refractivity contribution in [3.05, 3.63) is 94.0 Å². The van der Waals surface area contributed by atoms with Crippen molar-refractivity contribution in [3.8, 4) is 17.6 Å². The standard InChI is InChI=1S/C35H40N4O3/c1-24-6-4-5-7-32(24)35(40)37-14-12-31(13-15-37)38-16-17-39(25(2)22-38)26(3)28-10-8-27(9-11-28)18-29-19-33-34(42-23-41-33)20-30(29)21-36/h4-11,19-20,25-26,31H,12-18,22-23H2,1-3H3/t25-,26+/m1/s1. The molecule has 2 saturated heterocycles. The Labute approximate surface area is 249 Å². The third-order valence-electron chi connectivity index (χ3n) is 9.43. The summed E-state index contributed by atoms with van der Waals surface area (Å²) < 4.78 is 11.0. The first-order valence-corrected chi connectivity index (χ1v) is 15.2. The maximum atomic E-state index is 13.1. The molecule has 2 atom stereocenters. The molecule has 0 bridgehead atoms. The van der Waals surface area contributed by atoms with E-state index in [1.807, 2.05) is 42.2 Å². The predicted molar refractivity (Wildman–Crippen MR) is 163 cm³/mol. The molecular formula is C35H40N4O3. The number of likely N-dealkylation sites (tertiary alicyclic amines) is 1. The normalized spacial score (nSPS) is 20.3. The zero-order valence-corrected chi connectivity index (χ0v) is 24.9. The second kappa shape index (κ2) is 12.2. The molecule has 0 spiro atoms. The van der Waals surface area contributed by atoms with Gasteiger partial charge in [0.15, 0.2) is 11.5 Å². The zero-order chi connectivity index (χ0) is 29.2. The fraction of sp³-hybridized carbons (Fsp3) is 0.429. The number of piperidine rings is 1. The van der Waals surface area contributed by atoms with Gasteiger partial charge in [0, 0.05) is 62.5 Å². The van der Waals surface area contributed by atoms with E-state index in [0.29, 0.717) is 41.6 Å². The minimum atomic E-state index is 0.172. The summed E-state index contributed by atoms with van der Waals surface area (Å²) in [6.07, 6.45) is 2.76. The van der Waals surface area contributed by atoms with Crippen LogP contribution in [0.4, 0.5) is 0 Å². The van der Waals surface area contributed by atoms with Crippen molar-refractivity contribution in [2.45, 2.75) is 58.2 Å². The molecule has 7 heteroatoms. The van der Waals surface area contributed by atoms with Crippen molar-refractivity contribution < 1.29 is 14.3 Å². The Morgan fingerprint density at radius 2 is 1.71 bits per heavy atom. The van der Waals surface area contributed by atoms with Crippen LogP contribution < -0.4 is 9.47 Å². The van der Waals surface area contributed by atoms with E-state index in [2.05, 4.69) is 54.0 Å². The van der Waals surface area contributed by atoms with Crippen LogP contribution in [0.25, 0.3) is 0 Å². The van der Waals surface area contributed by atoms with Gasteiger partial charge in [-0.25, -0.2) is 0 Å². The summed E-state index contributed by atoms with van der Waals surface area (Å²) in [5.41, 5.74) is 5.96. The first-order valence-electron chi connectivity index (χ1n) is 15.2. The lowest BCUT2D eigenvalue weighted by Gasteiger charge is -2.47. The van der Waals surface area contributed by atoms with Crippen molar-refractivity contribution in [3.63, 3.8) is 0 Å². The summed E-state index contributed by atoms with van der Waals surface area (Å²) >= 11 is 0. The van der Waals surface area contributed by atoms with Gasteiger partial charge >= 0.3 is 0 Å². The number of benzene rings is 3. The molecule has 0 radical (unpaired) electrons. The number of piperazine rings is 1. The fourth-order valence-corrected chi connectivity index (χ4v) is 6.88. The van der Waals surface area contributed by atoms with Crippen LogP contribution in [0.2, 0.25) is 0 Å². The highest BCUT2D eigenvalue weighted by Gasteiger charge is 2.34. The summed E-state index contributed by atoms with van der Waals surface area (Å²) in [5.74, 6) is 1.53. The van der Waals surface area contributed by atoms with Crippen molar-refractivity contribution in [2.24, 2.45) is 0 Å². The van der Waals surface area contributed by atoms with E-state index in [4.69, 9.17) is 9.47 Å². The largest absolute Gasteiger partial charge is 0.454 e. The van der Waals surface area contributed by atoms with Crippen LogP contribution in [0.3, 0.4) is 0 Å². The van der Waals surface area contributed by atoms with E-state index in [1.54, 1.807) is 6.07 Å². The topological polar surface area (TPSA) is 69.0 Å². The fourth-order valence-electron chi connectivity index (χ4n) is 6.88. The average molecular weight is 565 g/mol. The summed E-state index contributed by atoms with van der Waals surface area (Å²) in [7, 11) is 0. The average Bonchev–Trinajstić information content (AvgIpc) is 3.48.